The lowest BCUT2D eigenvalue weighted by Gasteiger charge is -2.15. The summed E-state index contributed by atoms with van der Waals surface area (Å²) in [7, 11) is 0. The van der Waals surface area contributed by atoms with E-state index in [1.807, 2.05) is 22.8 Å². The van der Waals surface area contributed by atoms with Gasteiger partial charge in [-0.05, 0) is 50.1 Å². The van der Waals surface area contributed by atoms with Crippen LogP contribution in [-0.4, -0.2) is 31.8 Å². The Balaban J connectivity index is 1.58. The minimum absolute atomic E-state index is 0.0907. The van der Waals surface area contributed by atoms with Crippen LogP contribution in [0.4, 0.5) is 20.2 Å². The van der Waals surface area contributed by atoms with E-state index >= 15 is 0 Å². The van der Waals surface area contributed by atoms with Gasteiger partial charge in [-0.1, -0.05) is 17.8 Å². The summed E-state index contributed by atoms with van der Waals surface area (Å²) in [5.74, 6) is -1.10. The van der Waals surface area contributed by atoms with Crippen LogP contribution in [0.5, 0.6) is 0 Å². The number of rotatable bonds is 7. The molecule has 2 amide bonds. The number of hydrogen-bond donors (Lipinski definition) is 2. The largest absolute Gasteiger partial charge is 0.326 e. The molecule has 32 heavy (non-hydrogen) atoms. The Kier molecular flexibility index (Phi) is 6.22. The van der Waals surface area contributed by atoms with Crippen LogP contribution in [-0.2, 0) is 9.59 Å². The highest BCUT2D eigenvalue weighted by Crippen LogP contribution is 2.41. The Bertz CT molecular complexity index is 1180. The summed E-state index contributed by atoms with van der Waals surface area (Å²) >= 11 is 1.18. The lowest BCUT2D eigenvalue weighted by Crippen LogP contribution is -2.23. The summed E-state index contributed by atoms with van der Waals surface area (Å²) in [5.41, 5.74) is 1.31. The van der Waals surface area contributed by atoms with Gasteiger partial charge in [0.15, 0.2) is 5.16 Å². The molecule has 0 spiro atoms. The van der Waals surface area contributed by atoms with Gasteiger partial charge in [-0.3, -0.25) is 14.2 Å². The van der Waals surface area contributed by atoms with Crippen molar-refractivity contribution in [1.29, 1.82) is 0 Å². The van der Waals surface area contributed by atoms with Crippen molar-refractivity contribution in [2.75, 3.05) is 10.6 Å². The molecule has 0 saturated heterocycles. The molecule has 4 rings (SSSR count). The molecular weight excluding hydrogens is 436 g/mol. The third kappa shape index (κ3) is 4.96. The molecule has 1 aliphatic rings. The number of amides is 2. The lowest BCUT2D eigenvalue weighted by molar-refractivity contribution is -0.115. The summed E-state index contributed by atoms with van der Waals surface area (Å²) in [6.45, 7) is 3.11. The molecule has 2 N–H and O–H groups in total. The average molecular weight is 458 g/mol. The van der Waals surface area contributed by atoms with Crippen LogP contribution in [0.15, 0.2) is 47.6 Å². The van der Waals surface area contributed by atoms with Crippen LogP contribution in [0, 0.1) is 11.6 Å². The van der Waals surface area contributed by atoms with E-state index in [-0.39, 0.29) is 11.6 Å². The Hall–Kier alpha value is -3.27. The molecule has 7 nitrogen and oxygen atoms in total. The third-order valence-corrected chi connectivity index (χ3v) is 5.91. The maximum Gasteiger partial charge on any atom is 0.237 e. The number of benzene rings is 2. The van der Waals surface area contributed by atoms with E-state index in [0.29, 0.717) is 22.8 Å². The first-order valence-electron chi connectivity index (χ1n) is 10.1. The maximum absolute atomic E-state index is 13.9. The molecule has 3 aromatic rings. The fourth-order valence-electron chi connectivity index (χ4n) is 3.17. The lowest BCUT2D eigenvalue weighted by atomic mass is 10.2. The molecule has 1 atom stereocenters. The van der Waals surface area contributed by atoms with Gasteiger partial charge in [0.05, 0.1) is 16.6 Å². The number of aromatic nitrogens is 3. The molecule has 1 fully saturated rings. The molecule has 1 heterocycles. The summed E-state index contributed by atoms with van der Waals surface area (Å²) in [6.07, 6.45) is 2.02. The molecule has 1 aromatic heterocycles. The topological polar surface area (TPSA) is 88.9 Å². The van der Waals surface area contributed by atoms with E-state index < -0.39 is 22.8 Å². The van der Waals surface area contributed by atoms with E-state index in [4.69, 9.17) is 0 Å². The van der Waals surface area contributed by atoms with Crippen molar-refractivity contribution in [1.82, 2.24) is 14.8 Å². The summed E-state index contributed by atoms with van der Waals surface area (Å²) in [4.78, 5) is 24.1. The molecule has 1 saturated carbocycles. The Morgan fingerprint density at radius 3 is 2.59 bits per heavy atom. The summed E-state index contributed by atoms with van der Waals surface area (Å²) in [5, 5.41) is 13.7. The van der Waals surface area contributed by atoms with Crippen molar-refractivity contribution in [2.45, 2.75) is 43.0 Å². The monoisotopic (exact) mass is 457 g/mol. The quantitative estimate of drug-likeness (QED) is 0.510. The number of halogens is 2. The van der Waals surface area contributed by atoms with E-state index in [2.05, 4.69) is 20.8 Å². The zero-order chi connectivity index (χ0) is 22.8. The SMILES string of the molecule is CC(=O)Nc1cccc(-n2c(SC(C)C(=O)Nc3ccc(F)cc3F)nnc2C2CC2)c1. The first kappa shape index (κ1) is 21.9. The molecule has 10 heteroatoms. The van der Waals surface area contributed by atoms with E-state index in [1.54, 1.807) is 13.0 Å². The highest BCUT2D eigenvalue weighted by Gasteiger charge is 2.32. The maximum atomic E-state index is 13.9. The van der Waals surface area contributed by atoms with Gasteiger partial charge in [-0.15, -0.1) is 10.2 Å². The second-order valence-corrected chi connectivity index (χ2v) is 8.86. The minimum atomic E-state index is -0.843. The molecule has 1 aliphatic carbocycles. The molecular formula is C22H21F2N5O2S. The normalized spacial score (nSPS) is 14.1. The Morgan fingerprint density at radius 1 is 1.12 bits per heavy atom. The van der Waals surface area contributed by atoms with Crippen molar-refractivity contribution in [2.24, 2.45) is 0 Å². The molecule has 0 bridgehead atoms. The second kappa shape index (κ2) is 9.07. The van der Waals surface area contributed by atoms with Crippen LogP contribution < -0.4 is 10.6 Å². The van der Waals surface area contributed by atoms with Crippen LogP contribution in [0.2, 0.25) is 0 Å². The number of hydrogen-bond acceptors (Lipinski definition) is 5. The van der Waals surface area contributed by atoms with Gasteiger partial charge in [0.25, 0.3) is 0 Å². The number of nitrogens with zero attached hydrogens (tertiary/aromatic N) is 3. The zero-order valence-electron chi connectivity index (χ0n) is 17.4. The van der Waals surface area contributed by atoms with Crippen LogP contribution >= 0.6 is 11.8 Å². The highest BCUT2D eigenvalue weighted by atomic mass is 32.2. The van der Waals surface area contributed by atoms with E-state index in [1.165, 1.54) is 24.8 Å². The van der Waals surface area contributed by atoms with Gasteiger partial charge < -0.3 is 10.6 Å². The Labute approximate surface area is 187 Å². The minimum Gasteiger partial charge on any atom is -0.326 e. The van der Waals surface area contributed by atoms with Crippen molar-refractivity contribution in [3.05, 3.63) is 59.9 Å². The van der Waals surface area contributed by atoms with Gasteiger partial charge in [0.1, 0.15) is 17.5 Å². The smallest absolute Gasteiger partial charge is 0.237 e. The van der Waals surface area contributed by atoms with Crippen LogP contribution in [0.1, 0.15) is 38.4 Å². The number of anilines is 2. The average Bonchev–Trinajstić information content (AvgIpc) is 3.50. The highest BCUT2D eigenvalue weighted by molar-refractivity contribution is 8.00. The van der Waals surface area contributed by atoms with Gasteiger partial charge in [-0.25, -0.2) is 8.78 Å². The summed E-state index contributed by atoms with van der Waals surface area (Å²) < 4.78 is 28.9. The molecule has 1 unspecified atom stereocenters. The predicted molar refractivity (Wildman–Crippen MR) is 118 cm³/mol. The van der Waals surface area contributed by atoms with Crippen molar-refractivity contribution >= 4 is 35.0 Å². The first-order chi connectivity index (χ1) is 15.3. The van der Waals surface area contributed by atoms with Gasteiger partial charge in [0, 0.05) is 24.6 Å². The van der Waals surface area contributed by atoms with Crippen molar-refractivity contribution in [3.8, 4) is 5.69 Å². The molecule has 166 valence electrons. The predicted octanol–water partition coefficient (Wildman–Crippen LogP) is 4.50. The van der Waals surface area contributed by atoms with Gasteiger partial charge >= 0.3 is 0 Å². The molecule has 2 aromatic carbocycles. The van der Waals surface area contributed by atoms with Crippen molar-refractivity contribution in [3.63, 3.8) is 0 Å². The first-order valence-corrected chi connectivity index (χ1v) is 11.0. The number of carbonyl (C=O) groups excluding carboxylic acids is 2. The molecule has 0 radical (unpaired) electrons. The third-order valence-electron chi connectivity index (χ3n) is 4.87. The van der Waals surface area contributed by atoms with Gasteiger partial charge in [-0.2, -0.15) is 0 Å². The standard InChI is InChI=1S/C22H21F2N5O2S/c1-12(21(31)26-19-9-8-15(23)10-18(19)24)32-22-28-27-20(14-6-7-14)29(22)17-5-3-4-16(11-17)25-13(2)30/h3-5,8-12,14H,6-7H2,1-2H3,(H,25,30)(H,26,31). The summed E-state index contributed by atoms with van der Waals surface area (Å²) in [6, 6.07) is 10.3. The number of nitrogens with one attached hydrogen (secondary N) is 2. The van der Waals surface area contributed by atoms with E-state index in [0.717, 1.165) is 30.4 Å². The number of thioether (sulfide) groups is 1. The Morgan fingerprint density at radius 2 is 1.91 bits per heavy atom. The number of carbonyl (C=O) groups is 2. The van der Waals surface area contributed by atoms with Crippen LogP contribution in [0.3, 0.4) is 0 Å². The fourth-order valence-corrected chi connectivity index (χ4v) is 4.04. The van der Waals surface area contributed by atoms with Crippen molar-refractivity contribution < 1.29 is 18.4 Å². The van der Waals surface area contributed by atoms with Crippen LogP contribution in [0.25, 0.3) is 5.69 Å². The molecule has 0 aliphatic heterocycles. The fraction of sp³-hybridized carbons (Fsp3) is 0.273. The van der Waals surface area contributed by atoms with Gasteiger partial charge in [0.2, 0.25) is 11.8 Å². The zero-order valence-corrected chi connectivity index (χ0v) is 18.2. The second-order valence-electron chi connectivity index (χ2n) is 7.56. The van der Waals surface area contributed by atoms with E-state index in [9.17, 15) is 18.4 Å².